The minimum Gasteiger partial charge on any atom is -0.365 e. The van der Waals surface area contributed by atoms with Gasteiger partial charge in [-0.3, -0.25) is 10.1 Å². The molecular weight excluding hydrogens is 268 g/mol. The van der Waals surface area contributed by atoms with Crippen molar-refractivity contribution >= 4 is 11.4 Å². The number of nitrogens with zero attached hydrogens (tertiary/aromatic N) is 3. The molecule has 0 aliphatic carbocycles. The topological polar surface area (TPSA) is 96.2 Å². The summed E-state index contributed by atoms with van der Waals surface area (Å²) in [5, 5.41) is 20.4. The number of nitrogens with two attached hydrogens (primary N) is 1. The second-order valence-electron chi connectivity index (χ2n) is 5.83. The summed E-state index contributed by atoms with van der Waals surface area (Å²) < 4.78 is 0. The van der Waals surface area contributed by atoms with Crippen LogP contribution < -0.4 is 10.6 Å². The van der Waals surface area contributed by atoms with Crippen molar-refractivity contribution in [3.8, 4) is 6.07 Å². The minimum absolute atomic E-state index is 0.0872. The number of benzene rings is 1. The molecule has 0 saturated heterocycles. The van der Waals surface area contributed by atoms with Gasteiger partial charge < -0.3 is 10.6 Å². The summed E-state index contributed by atoms with van der Waals surface area (Å²) in [5.41, 5.74) is 6.06. The van der Waals surface area contributed by atoms with Crippen LogP contribution in [0.15, 0.2) is 18.2 Å². The van der Waals surface area contributed by atoms with E-state index in [-0.39, 0.29) is 16.7 Å². The first-order valence-corrected chi connectivity index (χ1v) is 6.98. The molecule has 21 heavy (non-hydrogen) atoms. The van der Waals surface area contributed by atoms with Crippen LogP contribution in [0.25, 0.3) is 0 Å². The fourth-order valence-corrected chi connectivity index (χ4v) is 2.20. The molecule has 1 aromatic carbocycles. The van der Waals surface area contributed by atoms with Crippen LogP contribution in [-0.2, 0) is 0 Å². The number of nitro benzene ring substituents is 1. The maximum atomic E-state index is 11.3. The van der Waals surface area contributed by atoms with E-state index in [4.69, 9.17) is 11.0 Å². The van der Waals surface area contributed by atoms with E-state index in [0.717, 1.165) is 6.42 Å². The second-order valence-corrected chi connectivity index (χ2v) is 5.83. The average Bonchev–Trinajstić information content (AvgIpc) is 2.45. The van der Waals surface area contributed by atoms with Crippen LogP contribution in [0, 0.1) is 26.9 Å². The van der Waals surface area contributed by atoms with Gasteiger partial charge in [0.2, 0.25) is 0 Å². The summed E-state index contributed by atoms with van der Waals surface area (Å²) in [6.45, 7) is 7.83. The monoisotopic (exact) mass is 290 g/mol. The molecule has 0 aliphatic rings. The molecule has 2 N–H and O–H groups in total. The van der Waals surface area contributed by atoms with Crippen molar-refractivity contribution in [3.05, 3.63) is 33.9 Å². The van der Waals surface area contributed by atoms with Gasteiger partial charge in [0, 0.05) is 13.1 Å². The van der Waals surface area contributed by atoms with Crippen molar-refractivity contribution in [2.45, 2.75) is 27.2 Å². The van der Waals surface area contributed by atoms with Crippen LogP contribution >= 0.6 is 0 Å². The molecule has 1 rings (SSSR count). The van der Waals surface area contributed by atoms with E-state index in [1.54, 1.807) is 12.1 Å². The van der Waals surface area contributed by atoms with Crippen LogP contribution in [0.2, 0.25) is 0 Å². The highest BCUT2D eigenvalue weighted by Crippen LogP contribution is 2.33. The molecule has 0 amide bonds. The third-order valence-corrected chi connectivity index (χ3v) is 3.32. The van der Waals surface area contributed by atoms with Gasteiger partial charge >= 0.3 is 5.69 Å². The Morgan fingerprint density at radius 3 is 2.62 bits per heavy atom. The number of nitriles is 1. The molecule has 0 atom stereocenters. The Kier molecular flexibility index (Phi) is 5.68. The van der Waals surface area contributed by atoms with Crippen LogP contribution in [-0.4, -0.2) is 24.6 Å². The molecular formula is C15H22N4O2. The number of para-hydroxylation sites is 1. The Bertz CT molecular complexity index is 549. The quantitative estimate of drug-likeness (QED) is 0.615. The molecule has 0 heterocycles. The molecule has 6 nitrogen and oxygen atoms in total. The van der Waals surface area contributed by atoms with Gasteiger partial charge in [0.15, 0.2) is 0 Å². The van der Waals surface area contributed by atoms with E-state index in [1.165, 1.54) is 6.07 Å². The molecule has 0 unspecified atom stereocenters. The van der Waals surface area contributed by atoms with Crippen LogP contribution in [0.3, 0.4) is 0 Å². The van der Waals surface area contributed by atoms with Gasteiger partial charge in [0.1, 0.15) is 17.3 Å². The van der Waals surface area contributed by atoms with Crippen molar-refractivity contribution in [2.75, 3.05) is 24.5 Å². The van der Waals surface area contributed by atoms with Crippen LogP contribution in [0.5, 0.6) is 0 Å². The average molecular weight is 290 g/mol. The number of rotatable bonds is 7. The predicted molar refractivity (Wildman–Crippen MR) is 83.2 cm³/mol. The van der Waals surface area contributed by atoms with E-state index >= 15 is 0 Å². The highest BCUT2D eigenvalue weighted by molar-refractivity contribution is 5.69. The number of anilines is 1. The summed E-state index contributed by atoms with van der Waals surface area (Å²) in [6.07, 6.45) is 0.856. The maximum Gasteiger partial charge on any atom is 0.310 e. The Labute approximate surface area is 125 Å². The molecule has 6 heteroatoms. The zero-order valence-corrected chi connectivity index (χ0v) is 12.8. The van der Waals surface area contributed by atoms with Crippen molar-refractivity contribution in [2.24, 2.45) is 11.1 Å². The summed E-state index contributed by atoms with van der Waals surface area (Å²) in [7, 11) is 0. The molecule has 114 valence electrons. The third kappa shape index (κ3) is 4.17. The fraction of sp³-hybridized carbons (Fsp3) is 0.533. The van der Waals surface area contributed by atoms with E-state index < -0.39 is 4.92 Å². The first-order valence-electron chi connectivity index (χ1n) is 6.98. The normalized spacial score (nSPS) is 11.0. The molecule has 0 saturated carbocycles. The fourth-order valence-electron chi connectivity index (χ4n) is 2.20. The third-order valence-electron chi connectivity index (χ3n) is 3.32. The molecule has 1 aromatic rings. The zero-order valence-electron chi connectivity index (χ0n) is 12.8. The van der Waals surface area contributed by atoms with Gasteiger partial charge in [0.05, 0.1) is 4.92 Å². The van der Waals surface area contributed by atoms with Gasteiger partial charge in [-0.1, -0.05) is 26.8 Å². The molecule has 0 aliphatic heterocycles. The van der Waals surface area contributed by atoms with E-state index in [2.05, 4.69) is 0 Å². The van der Waals surface area contributed by atoms with Gasteiger partial charge in [-0.15, -0.1) is 0 Å². The Balaban J connectivity index is 3.32. The lowest BCUT2D eigenvalue weighted by Gasteiger charge is -2.33. The summed E-state index contributed by atoms with van der Waals surface area (Å²) >= 11 is 0. The highest BCUT2D eigenvalue weighted by atomic mass is 16.6. The zero-order chi connectivity index (χ0) is 16.0. The number of hydrogen-bond donors (Lipinski definition) is 1. The van der Waals surface area contributed by atoms with Gasteiger partial charge in [-0.25, -0.2) is 0 Å². The Morgan fingerprint density at radius 1 is 1.48 bits per heavy atom. The molecule has 0 aromatic heterocycles. The van der Waals surface area contributed by atoms with Gasteiger partial charge in [0.25, 0.3) is 0 Å². The lowest BCUT2D eigenvalue weighted by atomic mass is 9.92. The second kappa shape index (κ2) is 7.04. The summed E-state index contributed by atoms with van der Waals surface area (Å²) in [6, 6.07) is 6.75. The Morgan fingerprint density at radius 2 is 2.14 bits per heavy atom. The molecule has 0 bridgehead atoms. The minimum atomic E-state index is -0.480. The van der Waals surface area contributed by atoms with Crippen molar-refractivity contribution in [1.82, 2.24) is 0 Å². The lowest BCUT2D eigenvalue weighted by molar-refractivity contribution is -0.384. The van der Waals surface area contributed by atoms with Gasteiger partial charge in [-0.2, -0.15) is 5.26 Å². The smallest absolute Gasteiger partial charge is 0.310 e. The Hall–Kier alpha value is -2.13. The largest absolute Gasteiger partial charge is 0.365 e. The van der Waals surface area contributed by atoms with E-state index in [1.807, 2.05) is 31.7 Å². The van der Waals surface area contributed by atoms with Crippen LogP contribution in [0.1, 0.15) is 32.8 Å². The highest BCUT2D eigenvalue weighted by Gasteiger charge is 2.27. The van der Waals surface area contributed by atoms with Gasteiger partial charge in [-0.05, 0) is 30.5 Å². The SMILES string of the molecule is CCCN(CC(C)(C)CN)c1cccc(C#N)c1[N+](=O)[O-]. The van der Waals surface area contributed by atoms with Crippen molar-refractivity contribution < 1.29 is 4.92 Å². The lowest BCUT2D eigenvalue weighted by Crippen LogP contribution is -2.39. The van der Waals surface area contributed by atoms with E-state index in [0.29, 0.717) is 25.3 Å². The summed E-state index contributed by atoms with van der Waals surface area (Å²) in [4.78, 5) is 12.8. The number of nitro groups is 1. The predicted octanol–water partition coefficient (Wildman–Crippen LogP) is 2.67. The van der Waals surface area contributed by atoms with Crippen molar-refractivity contribution in [3.63, 3.8) is 0 Å². The maximum absolute atomic E-state index is 11.3. The standard InChI is InChI=1S/C15H22N4O2/c1-4-8-18(11-15(2,3)10-17)13-7-5-6-12(9-16)14(13)19(20)21/h5-7H,4,8,10-11,17H2,1-3H3. The summed E-state index contributed by atoms with van der Waals surface area (Å²) in [5.74, 6) is 0. The molecule has 0 fully saturated rings. The van der Waals surface area contributed by atoms with Crippen molar-refractivity contribution in [1.29, 1.82) is 5.26 Å². The first kappa shape index (κ1) is 16.9. The molecule has 0 spiro atoms. The number of hydrogen-bond acceptors (Lipinski definition) is 5. The first-order chi connectivity index (χ1) is 9.86. The molecule has 0 radical (unpaired) electrons. The van der Waals surface area contributed by atoms with Crippen LogP contribution in [0.4, 0.5) is 11.4 Å². The van der Waals surface area contributed by atoms with E-state index in [9.17, 15) is 10.1 Å².